The van der Waals surface area contributed by atoms with Gasteiger partial charge in [-0.25, -0.2) is 4.98 Å². The first kappa shape index (κ1) is 22.7. The number of aliphatic hydroxyl groups excluding tert-OH is 1. The fraction of sp³-hybridized carbons (Fsp3) is 0.783. The molecule has 31 heavy (non-hydrogen) atoms. The number of aromatic nitrogens is 1. The highest BCUT2D eigenvalue weighted by molar-refractivity contribution is 7.15. The zero-order valence-electron chi connectivity index (χ0n) is 18.9. The molecule has 0 aromatic carbocycles. The summed E-state index contributed by atoms with van der Waals surface area (Å²) in [7, 11) is 1.61. The van der Waals surface area contributed by atoms with E-state index in [0.29, 0.717) is 18.3 Å². The molecule has 1 aromatic rings. The lowest BCUT2D eigenvalue weighted by molar-refractivity contribution is -0.135. The normalized spacial score (nSPS) is 33.2. The van der Waals surface area contributed by atoms with Crippen LogP contribution in [0.5, 0.6) is 0 Å². The minimum Gasteiger partial charge on any atom is -0.392 e. The molecule has 1 unspecified atom stereocenters. The fourth-order valence-electron chi connectivity index (χ4n) is 5.78. The Hall–Kier alpha value is -1.51. The first-order chi connectivity index (χ1) is 14.7. The monoisotopic (exact) mass is 449 g/mol. The molecule has 0 aliphatic heterocycles. The molecule has 0 spiro atoms. The van der Waals surface area contributed by atoms with Gasteiger partial charge in [0.25, 0.3) is 0 Å². The molecule has 2 fully saturated rings. The SMILES string of the molecule is COCCNC(=O)[C@@H](C)C1CC[C@@]2(C)Cc3sc(NC(=O)C4CC4)nc3[C@@H](C)[C@@H]2[C@H]1O. The number of rotatable bonds is 7. The van der Waals surface area contributed by atoms with Crippen molar-refractivity contribution in [3.05, 3.63) is 10.6 Å². The van der Waals surface area contributed by atoms with E-state index in [1.807, 2.05) is 6.92 Å². The zero-order chi connectivity index (χ0) is 22.3. The van der Waals surface area contributed by atoms with Crippen LogP contribution in [0, 0.1) is 29.1 Å². The molecule has 0 radical (unpaired) electrons. The molecule has 1 heterocycles. The van der Waals surface area contributed by atoms with E-state index in [2.05, 4.69) is 24.5 Å². The summed E-state index contributed by atoms with van der Waals surface area (Å²) in [6.45, 7) is 7.29. The first-order valence-corrected chi connectivity index (χ1v) is 12.3. The van der Waals surface area contributed by atoms with E-state index >= 15 is 0 Å². The number of ether oxygens (including phenoxy) is 1. The third-order valence-corrected chi connectivity index (χ3v) is 8.75. The predicted molar refractivity (Wildman–Crippen MR) is 120 cm³/mol. The molecule has 3 N–H and O–H groups in total. The minimum absolute atomic E-state index is 0.0208. The van der Waals surface area contributed by atoms with Crippen molar-refractivity contribution in [3.63, 3.8) is 0 Å². The highest BCUT2D eigenvalue weighted by Gasteiger charge is 2.54. The van der Waals surface area contributed by atoms with Crippen molar-refractivity contribution in [2.24, 2.45) is 29.1 Å². The number of thiazole rings is 1. The molecule has 1 aromatic heterocycles. The number of carbonyl (C=O) groups is 2. The highest BCUT2D eigenvalue weighted by Crippen LogP contribution is 2.57. The molecule has 2 saturated carbocycles. The fourth-order valence-corrected chi connectivity index (χ4v) is 7.05. The van der Waals surface area contributed by atoms with Crippen molar-refractivity contribution in [1.82, 2.24) is 10.3 Å². The van der Waals surface area contributed by atoms with Gasteiger partial charge in [-0.3, -0.25) is 9.59 Å². The van der Waals surface area contributed by atoms with Crippen molar-refractivity contribution < 1.29 is 19.4 Å². The van der Waals surface area contributed by atoms with Crippen LogP contribution < -0.4 is 10.6 Å². The van der Waals surface area contributed by atoms with Crippen molar-refractivity contribution in [3.8, 4) is 0 Å². The summed E-state index contributed by atoms with van der Waals surface area (Å²) in [5.41, 5.74) is 0.981. The Morgan fingerprint density at radius 1 is 1.35 bits per heavy atom. The van der Waals surface area contributed by atoms with E-state index in [4.69, 9.17) is 9.72 Å². The third-order valence-electron chi connectivity index (χ3n) is 7.76. The van der Waals surface area contributed by atoms with Crippen molar-refractivity contribution in [2.75, 3.05) is 25.6 Å². The number of hydrogen-bond acceptors (Lipinski definition) is 6. The highest BCUT2D eigenvalue weighted by atomic mass is 32.1. The lowest BCUT2D eigenvalue weighted by Crippen LogP contribution is -2.53. The average molecular weight is 450 g/mol. The Morgan fingerprint density at radius 3 is 2.77 bits per heavy atom. The first-order valence-electron chi connectivity index (χ1n) is 11.5. The molecule has 6 atom stereocenters. The maximum atomic E-state index is 12.6. The van der Waals surface area contributed by atoms with Gasteiger partial charge in [-0.15, -0.1) is 11.3 Å². The van der Waals surface area contributed by atoms with Crippen LogP contribution in [-0.4, -0.2) is 48.3 Å². The quantitative estimate of drug-likeness (QED) is 0.556. The van der Waals surface area contributed by atoms with Gasteiger partial charge in [-0.1, -0.05) is 20.8 Å². The van der Waals surface area contributed by atoms with Gasteiger partial charge in [-0.05, 0) is 49.4 Å². The molecule has 2 amide bonds. The summed E-state index contributed by atoms with van der Waals surface area (Å²) < 4.78 is 5.02. The number of carbonyl (C=O) groups excluding carboxylic acids is 2. The van der Waals surface area contributed by atoms with Crippen LogP contribution in [-0.2, 0) is 20.7 Å². The Balaban J connectivity index is 1.50. The second kappa shape index (κ2) is 8.79. The molecule has 3 aliphatic rings. The van der Waals surface area contributed by atoms with Crippen LogP contribution in [0.3, 0.4) is 0 Å². The summed E-state index contributed by atoms with van der Waals surface area (Å²) in [4.78, 5) is 30.8. The van der Waals surface area contributed by atoms with E-state index < -0.39 is 6.10 Å². The molecule has 4 rings (SSSR count). The topological polar surface area (TPSA) is 101 Å². The van der Waals surface area contributed by atoms with Crippen LogP contribution in [0.1, 0.15) is 62.9 Å². The van der Waals surface area contributed by atoms with Gasteiger partial charge in [-0.2, -0.15) is 0 Å². The average Bonchev–Trinajstić information content (AvgIpc) is 3.49. The Morgan fingerprint density at radius 2 is 2.10 bits per heavy atom. The number of nitrogens with one attached hydrogen (secondary N) is 2. The predicted octanol–water partition coefficient (Wildman–Crippen LogP) is 2.94. The van der Waals surface area contributed by atoms with Gasteiger partial charge in [0.2, 0.25) is 11.8 Å². The summed E-state index contributed by atoms with van der Waals surface area (Å²) in [6, 6.07) is 0. The molecule has 3 aliphatic carbocycles. The lowest BCUT2D eigenvalue weighted by atomic mass is 9.53. The Bertz CT molecular complexity index is 839. The van der Waals surface area contributed by atoms with Gasteiger partial charge < -0.3 is 20.5 Å². The maximum Gasteiger partial charge on any atom is 0.229 e. The van der Waals surface area contributed by atoms with Crippen LogP contribution >= 0.6 is 11.3 Å². The number of amides is 2. The number of aliphatic hydroxyl groups is 1. The van der Waals surface area contributed by atoms with Crippen molar-refractivity contribution >= 4 is 28.3 Å². The zero-order valence-corrected chi connectivity index (χ0v) is 19.8. The number of fused-ring (bicyclic) bond motifs is 2. The van der Waals surface area contributed by atoms with Gasteiger partial charge in [0, 0.05) is 36.3 Å². The number of hydrogen-bond donors (Lipinski definition) is 3. The Labute approximate surface area is 188 Å². The second-order valence-corrected chi connectivity index (χ2v) is 11.1. The summed E-state index contributed by atoms with van der Waals surface area (Å²) in [6.07, 6.45) is 4.05. The Kier molecular flexibility index (Phi) is 6.43. The van der Waals surface area contributed by atoms with E-state index in [0.717, 1.165) is 37.8 Å². The van der Waals surface area contributed by atoms with Crippen LogP contribution in [0.2, 0.25) is 0 Å². The smallest absolute Gasteiger partial charge is 0.229 e. The number of anilines is 1. The van der Waals surface area contributed by atoms with Crippen LogP contribution in [0.4, 0.5) is 5.13 Å². The summed E-state index contributed by atoms with van der Waals surface area (Å²) in [5, 5.41) is 18.1. The molecular weight excluding hydrogens is 414 g/mol. The third kappa shape index (κ3) is 4.39. The van der Waals surface area contributed by atoms with E-state index in [1.165, 1.54) is 4.88 Å². The van der Waals surface area contributed by atoms with E-state index in [9.17, 15) is 14.7 Å². The summed E-state index contributed by atoms with van der Waals surface area (Å²) in [5.74, 6) is 0.00670. The standard InChI is InChI=1S/C23H35N3O4S/c1-12(20(28)24-9-10-30-4)15-7-8-23(3)11-16-18(13(2)17(23)19(15)27)25-22(31-16)26-21(29)14-5-6-14/h12-15,17,19,27H,5-11H2,1-4H3,(H,24,28)(H,25,26,29)/t12-,13-,15?,17+,19-,23-/m0/s1. The minimum atomic E-state index is -0.559. The molecule has 0 bridgehead atoms. The van der Waals surface area contributed by atoms with Gasteiger partial charge in [0.05, 0.1) is 18.4 Å². The largest absolute Gasteiger partial charge is 0.392 e. The van der Waals surface area contributed by atoms with E-state index in [1.54, 1.807) is 18.4 Å². The molecule has 7 nitrogen and oxygen atoms in total. The van der Waals surface area contributed by atoms with Gasteiger partial charge in [0.15, 0.2) is 5.13 Å². The van der Waals surface area contributed by atoms with E-state index in [-0.39, 0.29) is 46.8 Å². The molecule has 172 valence electrons. The van der Waals surface area contributed by atoms with Crippen molar-refractivity contribution in [1.29, 1.82) is 0 Å². The number of methoxy groups -OCH3 is 1. The maximum absolute atomic E-state index is 12.6. The molecular formula is C23H35N3O4S. The van der Waals surface area contributed by atoms with Crippen LogP contribution in [0.15, 0.2) is 0 Å². The summed E-state index contributed by atoms with van der Waals surface area (Å²) >= 11 is 1.59. The van der Waals surface area contributed by atoms with Crippen LogP contribution in [0.25, 0.3) is 0 Å². The number of nitrogens with zero attached hydrogens (tertiary/aromatic N) is 1. The van der Waals surface area contributed by atoms with Gasteiger partial charge >= 0.3 is 0 Å². The molecule has 0 saturated heterocycles. The lowest BCUT2D eigenvalue weighted by Gasteiger charge is -2.53. The second-order valence-electron chi connectivity index (χ2n) is 10.0. The van der Waals surface area contributed by atoms with Crippen molar-refractivity contribution in [2.45, 2.75) is 64.9 Å². The molecule has 8 heteroatoms. The van der Waals surface area contributed by atoms with Gasteiger partial charge in [0.1, 0.15) is 0 Å².